The number of aromatic nitrogens is 2. The number of hydrogen-bond acceptors (Lipinski definition) is 4. The van der Waals surface area contributed by atoms with Gasteiger partial charge in [0.25, 0.3) is 0 Å². The van der Waals surface area contributed by atoms with Crippen LogP contribution in [0.3, 0.4) is 0 Å². The van der Waals surface area contributed by atoms with Crippen molar-refractivity contribution < 1.29 is 0 Å². The largest absolute Gasteiger partial charge is 0.359 e. The van der Waals surface area contributed by atoms with Crippen LogP contribution in [0.1, 0.15) is 51.4 Å². The Bertz CT molecular complexity index is 701. The molecule has 2 heterocycles. The second kappa shape index (κ2) is 8.10. The Morgan fingerprint density at radius 1 is 1.18 bits per heavy atom. The summed E-state index contributed by atoms with van der Waals surface area (Å²) in [4.78, 5) is 14.4. The third-order valence-electron chi connectivity index (χ3n) is 7.87. The number of likely N-dealkylation sites (tertiary alicyclic amines) is 1. The monoisotopic (exact) mass is 397 g/mol. The predicted molar refractivity (Wildman–Crippen MR) is 112 cm³/mol. The molecule has 0 spiro atoms. The van der Waals surface area contributed by atoms with Crippen LogP contribution in [-0.4, -0.2) is 39.5 Å². The number of aliphatic imine (C=N–C) groups is 1. The van der Waals surface area contributed by atoms with Crippen LogP contribution in [0.2, 0.25) is 0 Å². The first-order valence-electron chi connectivity index (χ1n) is 11.1. The highest BCUT2D eigenvalue weighted by Gasteiger charge is 2.50. The summed E-state index contributed by atoms with van der Waals surface area (Å²) in [6.07, 6.45) is 16.6. The molecule has 4 saturated carbocycles. The molecule has 1 aromatic heterocycles. The molecule has 4 aliphatic carbocycles. The van der Waals surface area contributed by atoms with Gasteiger partial charge in [-0.05, 0) is 81.0 Å². The van der Waals surface area contributed by atoms with Gasteiger partial charge in [0, 0.05) is 37.2 Å². The van der Waals surface area contributed by atoms with Gasteiger partial charge in [0.2, 0.25) is 6.19 Å². The highest BCUT2D eigenvalue weighted by atomic mass is 32.2. The zero-order valence-electron chi connectivity index (χ0n) is 16.6. The van der Waals surface area contributed by atoms with Crippen molar-refractivity contribution in [1.29, 1.82) is 5.26 Å². The number of nitrogens with one attached hydrogen (secondary N) is 1. The van der Waals surface area contributed by atoms with Crippen molar-refractivity contribution in [2.24, 2.45) is 40.5 Å². The fourth-order valence-electron chi connectivity index (χ4n) is 6.86. The van der Waals surface area contributed by atoms with E-state index < -0.39 is 0 Å². The molecule has 6 rings (SSSR count). The van der Waals surface area contributed by atoms with Crippen LogP contribution >= 0.6 is 11.8 Å². The average molecular weight is 398 g/mol. The van der Waals surface area contributed by atoms with E-state index in [1.165, 1.54) is 57.2 Å². The van der Waals surface area contributed by atoms with Crippen molar-refractivity contribution in [3.05, 3.63) is 12.4 Å². The number of amidine groups is 1. The minimum atomic E-state index is 0.568. The maximum Gasteiger partial charge on any atom is 0.207 e. The van der Waals surface area contributed by atoms with E-state index in [0.717, 1.165) is 53.6 Å². The third kappa shape index (κ3) is 3.70. The highest BCUT2D eigenvalue weighted by Crippen LogP contribution is 2.57. The Morgan fingerprint density at radius 2 is 1.89 bits per heavy atom. The van der Waals surface area contributed by atoms with E-state index in [4.69, 9.17) is 0 Å². The lowest BCUT2D eigenvalue weighted by Crippen LogP contribution is -2.53. The molecule has 1 N–H and O–H groups in total. The van der Waals surface area contributed by atoms with Gasteiger partial charge in [0.1, 0.15) is 5.84 Å². The first kappa shape index (κ1) is 18.5. The number of nitriles is 1. The molecule has 5 fully saturated rings. The minimum Gasteiger partial charge on any atom is -0.359 e. The lowest BCUT2D eigenvalue weighted by Gasteiger charge is -2.55. The molecule has 1 aromatic rings. The number of H-pyrrole nitrogens is 1. The standard InChI is InChI=1S/C22H31N5S/c23-14-26-21(20-18-10-16-9-17(12-18)13-19(20)11-16)27-6-1-15(2-7-27)3-8-28-22-24-4-5-25-22/h4-5,15-20H,1-3,6-13H2,(H,24,25). The quantitative estimate of drug-likeness (QED) is 0.342. The van der Waals surface area contributed by atoms with E-state index >= 15 is 0 Å². The molecule has 0 amide bonds. The Labute approximate surface area is 172 Å². The molecular weight excluding hydrogens is 366 g/mol. The Hall–Kier alpha value is -1.48. The normalized spacial score (nSPS) is 35.3. The molecule has 0 atom stereocenters. The molecule has 5 aliphatic rings. The molecule has 0 unspecified atom stereocenters. The van der Waals surface area contributed by atoms with E-state index in [0.29, 0.717) is 5.92 Å². The number of rotatable bonds is 5. The number of imidazole rings is 1. The number of piperidine rings is 1. The predicted octanol–water partition coefficient (Wildman–Crippen LogP) is 4.56. The van der Waals surface area contributed by atoms with Gasteiger partial charge in [-0.1, -0.05) is 11.8 Å². The number of nitrogens with zero attached hydrogens (tertiary/aromatic N) is 4. The summed E-state index contributed by atoms with van der Waals surface area (Å²) in [6.45, 7) is 2.17. The zero-order valence-corrected chi connectivity index (χ0v) is 17.4. The number of hydrogen-bond donors (Lipinski definition) is 1. The Morgan fingerprint density at radius 3 is 2.50 bits per heavy atom. The topological polar surface area (TPSA) is 68.1 Å². The van der Waals surface area contributed by atoms with E-state index in [2.05, 4.69) is 26.1 Å². The molecule has 5 nitrogen and oxygen atoms in total. The molecule has 1 saturated heterocycles. The summed E-state index contributed by atoms with van der Waals surface area (Å²) in [6, 6.07) is 0. The Kier molecular flexibility index (Phi) is 5.36. The van der Waals surface area contributed by atoms with Crippen LogP contribution in [-0.2, 0) is 0 Å². The van der Waals surface area contributed by atoms with Crippen LogP contribution in [0.25, 0.3) is 0 Å². The van der Waals surface area contributed by atoms with Crippen LogP contribution in [0.4, 0.5) is 0 Å². The average Bonchev–Trinajstić information content (AvgIpc) is 3.21. The molecule has 1 aliphatic heterocycles. The summed E-state index contributed by atoms with van der Waals surface area (Å²) in [5.74, 6) is 7.20. The van der Waals surface area contributed by atoms with Crippen molar-refractivity contribution in [1.82, 2.24) is 14.9 Å². The van der Waals surface area contributed by atoms with E-state index in [9.17, 15) is 5.26 Å². The highest BCUT2D eigenvalue weighted by molar-refractivity contribution is 7.99. The number of thioether (sulfide) groups is 1. The summed E-state index contributed by atoms with van der Waals surface area (Å²) in [5, 5.41) is 10.4. The molecule has 150 valence electrons. The fraction of sp³-hybridized carbons (Fsp3) is 0.773. The molecule has 0 aromatic carbocycles. The molecule has 4 bridgehead atoms. The zero-order chi connectivity index (χ0) is 18.9. The van der Waals surface area contributed by atoms with Gasteiger partial charge < -0.3 is 9.88 Å². The van der Waals surface area contributed by atoms with Crippen molar-refractivity contribution >= 4 is 17.6 Å². The van der Waals surface area contributed by atoms with Gasteiger partial charge in [-0.3, -0.25) is 0 Å². The van der Waals surface area contributed by atoms with Crippen molar-refractivity contribution in [2.75, 3.05) is 18.8 Å². The van der Waals surface area contributed by atoms with Crippen molar-refractivity contribution in [2.45, 2.75) is 56.5 Å². The summed E-state index contributed by atoms with van der Waals surface area (Å²) < 4.78 is 0. The molecular formula is C22H31N5S. The van der Waals surface area contributed by atoms with Gasteiger partial charge in [-0.15, -0.1) is 0 Å². The SMILES string of the molecule is N#CN=C(C1C2CC3CC(C2)CC1C3)N1CCC(CCSc2ncc[nH]2)CC1. The lowest BCUT2D eigenvalue weighted by molar-refractivity contribution is -0.0132. The fourth-order valence-corrected chi connectivity index (χ4v) is 7.79. The van der Waals surface area contributed by atoms with Gasteiger partial charge in [0.15, 0.2) is 5.16 Å². The maximum absolute atomic E-state index is 9.40. The lowest BCUT2D eigenvalue weighted by atomic mass is 9.51. The summed E-state index contributed by atoms with van der Waals surface area (Å²) >= 11 is 1.83. The van der Waals surface area contributed by atoms with Crippen LogP contribution in [0.5, 0.6) is 0 Å². The summed E-state index contributed by atoms with van der Waals surface area (Å²) in [5.41, 5.74) is 0. The van der Waals surface area contributed by atoms with Crippen LogP contribution < -0.4 is 0 Å². The Balaban J connectivity index is 1.17. The van der Waals surface area contributed by atoms with E-state index in [1.54, 1.807) is 0 Å². The number of aromatic amines is 1. The molecule has 28 heavy (non-hydrogen) atoms. The van der Waals surface area contributed by atoms with Crippen LogP contribution in [0, 0.1) is 47.0 Å². The minimum absolute atomic E-state index is 0.568. The second-order valence-electron chi connectivity index (χ2n) is 9.49. The van der Waals surface area contributed by atoms with Crippen molar-refractivity contribution in [3.63, 3.8) is 0 Å². The smallest absolute Gasteiger partial charge is 0.207 e. The van der Waals surface area contributed by atoms with Crippen molar-refractivity contribution in [3.8, 4) is 6.19 Å². The third-order valence-corrected chi connectivity index (χ3v) is 8.80. The first-order valence-corrected chi connectivity index (χ1v) is 12.1. The molecule has 6 heteroatoms. The maximum atomic E-state index is 9.40. The first-order chi connectivity index (χ1) is 13.8. The van der Waals surface area contributed by atoms with Gasteiger partial charge in [0.05, 0.1) is 0 Å². The van der Waals surface area contributed by atoms with E-state index in [1.807, 2.05) is 24.2 Å². The van der Waals surface area contributed by atoms with Crippen LogP contribution in [0.15, 0.2) is 22.5 Å². The van der Waals surface area contributed by atoms with Gasteiger partial charge >= 0.3 is 0 Å². The van der Waals surface area contributed by atoms with E-state index in [-0.39, 0.29) is 0 Å². The molecule has 0 radical (unpaired) electrons. The second-order valence-corrected chi connectivity index (χ2v) is 10.6. The van der Waals surface area contributed by atoms with Gasteiger partial charge in [-0.2, -0.15) is 10.3 Å². The summed E-state index contributed by atoms with van der Waals surface area (Å²) in [7, 11) is 0. The van der Waals surface area contributed by atoms with Gasteiger partial charge in [-0.25, -0.2) is 4.98 Å².